The lowest BCUT2D eigenvalue weighted by Gasteiger charge is -2.23. The van der Waals surface area contributed by atoms with Crippen molar-refractivity contribution in [3.8, 4) is 5.75 Å². The van der Waals surface area contributed by atoms with Crippen molar-refractivity contribution in [1.29, 1.82) is 0 Å². The lowest BCUT2D eigenvalue weighted by Crippen LogP contribution is -2.37. The second kappa shape index (κ2) is 9.11. The molecule has 0 aliphatic heterocycles. The summed E-state index contributed by atoms with van der Waals surface area (Å²) in [6.45, 7) is 0.620. The second-order valence-electron chi connectivity index (χ2n) is 7.94. The first-order valence-electron chi connectivity index (χ1n) is 10.5. The number of ether oxygens (including phenoxy) is 1. The van der Waals surface area contributed by atoms with E-state index in [-0.39, 0.29) is 11.7 Å². The molecular weight excluding hydrogens is 378 g/mol. The van der Waals surface area contributed by atoms with Crippen molar-refractivity contribution in [3.05, 3.63) is 60.0 Å². The van der Waals surface area contributed by atoms with Crippen LogP contribution in [0.5, 0.6) is 5.75 Å². The van der Waals surface area contributed by atoms with Gasteiger partial charge in [0.1, 0.15) is 11.7 Å². The number of hydrogen-bond acceptors (Lipinski definition) is 4. The first kappa shape index (κ1) is 20.1. The zero-order valence-electron chi connectivity index (χ0n) is 17.2. The van der Waals surface area contributed by atoms with Crippen LogP contribution in [0.1, 0.15) is 53.9 Å². The van der Waals surface area contributed by atoms with Gasteiger partial charge < -0.3 is 15.0 Å². The summed E-state index contributed by atoms with van der Waals surface area (Å²) in [6, 6.07) is 8.91. The summed E-state index contributed by atoms with van der Waals surface area (Å²) in [7, 11) is 1.61. The molecule has 1 fully saturated rings. The van der Waals surface area contributed by atoms with Crippen molar-refractivity contribution in [3.63, 3.8) is 0 Å². The number of hydrogen-bond donors (Lipinski definition) is 2. The highest BCUT2D eigenvalue weighted by molar-refractivity contribution is 6.16. The third kappa shape index (κ3) is 4.22. The van der Waals surface area contributed by atoms with Crippen molar-refractivity contribution < 1.29 is 14.3 Å². The predicted molar refractivity (Wildman–Crippen MR) is 116 cm³/mol. The number of carbonyl (C=O) groups excluding carboxylic acids is 2. The lowest BCUT2D eigenvalue weighted by molar-refractivity contribution is -0.121. The van der Waals surface area contributed by atoms with Gasteiger partial charge in [0.15, 0.2) is 5.78 Å². The molecule has 1 aromatic carbocycles. The van der Waals surface area contributed by atoms with Crippen LogP contribution in [-0.4, -0.2) is 35.3 Å². The number of fused-ring (bicyclic) bond motifs is 1. The number of nitrogens with zero attached hydrogens (tertiary/aromatic N) is 1. The molecule has 1 aliphatic rings. The molecule has 1 aliphatic carbocycles. The summed E-state index contributed by atoms with van der Waals surface area (Å²) >= 11 is 0. The van der Waals surface area contributed by atoms with Gasteiger partial charge in [-0.15, -0.1) is 0 Å². The Morgan fingerprint density at radius 1 is 1.17 bits per heavy atom. The van der Waals surface area contributed by atoms with Crippen LogP contribution in [-0.2, 0) is 4.79 Å². The highest BCUT2D eigenvalue weighted by Gasteiger charge is 2.32. The fourth-order valence-corrected chi connectivity index (χ4v) is 4.32. The van der Waals surface area contributed by atoms with Gasteiger partial charge in [-0.3, -0.25) is 14.6 Å². The minimum atomic E-state index is -0.918. The van der Waals surface area contributed by atoms with E-state index in [0.29, 0.717) is 23.6 Å². The van der Waals surface area contributed by atoms with Crippen LogP contribution in [0, 0.1) is 5.92 Å². The smallest absolute Gasteiger partial charge is 0.235 e. The quantitative estimate of drug-likeness (QED) is 0.455. The Morgan fingerprint density at radius 3 is 2.67 bits per heavy atom. The number of carbonyl (C=O) groups is 2. The Labute approximate surface area is 176 Å². The summed E-state index contributed by atoms with van der Waals surface area (Å²) in [4.78, 5) is 33.8. The predicted octanol–water partition coefficient (Wildman–Crippen LogP) is 4.23. The van der Waals surface area contributed by atoms with Gasteiger partial charge in [0.05, 0.1) is 7.11 Å². The molecule has 6 nitrogen and oxygen atoms in total. The van der Waals surface area contributed by atoms with Gasteiger partial charge in [-0.25, -0.2) is 0 Å². The first-order valence-corrected chi connectivity index (χ1v) is 10.5. The number of ketones is 1. The van der Waals surface area contributed by atoms with Crippen molar-refractivity contribution >= 4 is 22.6 Å². The molecule has 0 radical (unpaired) electrons. The third-order valence-corrected chi connectivity index (χ3v) is 6.01. The summed E-state index contributed by atoms with van der Waals surface area (Å²) < 4.78 is 5.29. The van der Waals surface area contributed by atoms with Gasteiger partial charge >= 0.3 is 0 Å². The van der Waals surface area contributed by atoms with Crippen molar-refractivity contribution in [2.24, 2.45) is 5.92 Å². The zero-order chi connectivity index (χ0) is 20.9. The van der Waals surface area contributed by atoms with Gasteiger partial charge in [-0.2, -0.15) is 0 Å². The molecular formula is C24H27N3O3. The molecule has 4 rings (SSSR count). The minimum absolute atomic E-state index is 0.227. The van der Waals surface area contributed by atoms with Gasteiger partial charge in [-0.05, 0) is 48.6 Å². The van der Waals surface area contributed by atoms with E-state index in [0.717, 1.165) is 29.5 Å². The van der Waals surface area contributed by atoms with Crippen LogP contribution in [0.4, 0.5) is 0 Å². The number of aromatic amines is 1. The number of pyridine rings is 1. The van der Waals surface area contributed by atoms with Crippen LogP contribution in [0.25, 0.3) is 10.9 Å². The normalized spacial score (nSPS) is 15.6. The molecule has 1 unspecified atom stereocenters. The van der Waals surface area contributed by atoms with Crippen LogP contribution >= 0.6 is 0 Å². The maximum absolute atomic E-state index is 13.4. The van der Waals surface area contributed by atoms with Crippen LogP contribution in [0.2, 0.25) is 0 Å². The van der Waals surface area contributed by atoms with E-state index in [1.54, 1.807) is 37.8 Å². The Balaban J connectivity index is 1.65. The van der Waals surface area contributed by atoms with Crippen molar-refractivity contribution in [2.45, 2.75) is 38.0 Å². The summed E-state index contributed by atoms with van der Waals surface area (Å²) in [6.07, 6.45) is 10.9. The number of nitrogens with one attached hydrogen (secondary N) is 2. The van der Waals surface area contributed by atoms with E-state index in [1.807, 2.05) is 18.2 Å². The Morgan fingerprint density at radius 2 is 1.93 bits per heavy atom. The molecule has 1 atom stereocenters. The van der Waals surface area contributed by atoms with E-state index in [2.05, 4.69) is 15.3 Å². The molecule has 1 saturated carbocycles. The number of Topliss-reactive ketones (excluding diaryl/α,β-unsaturated/α-hetero) is 1. The average molecular weight is 405 g/mol. The molecule has 0 spiro atoms. The number of rotatable bonds is 7. The van der Waals surface area contributed by atoms with Crippen LogP contribution in [0.15, 0.2) is 48.9 Å². The maximum Gasteiger partial charge on any atom is 0.235 e. The molecule has 0 saturated heterocycles. The molecule has 3 aromatic rings. The second-order valence-corrected chi connectivity index (χ2v) is 7.94. The summed E-state index contributed by atoms with van der Waals surface area (Å²) in [5, 5.41) is 3.91. The molecule has 2 aromatic heterocycles. The summed E-state index contributed by atoms with van der Waals surface area (Å²) in [5.41, 5.74) is 1.98. The third-order valence-electron chi connectivity index (χ3n) is 6.01. The molecule has 156 valence electrons. The van der Waals surface area contributed by atoms with E-state index in [9.17, 15) is 9.59 Å². The number of methoxy groups -OCH3 is 1. The standard InChI is InChI=1S/C24H27N3O3/c1-30-18-7-8-19-20(15-26-21(19)13-18)22(23(28)17-9-11-25-12-10-17)24(29)27-14-16-5-3-2-4-6-16/h7-13,15-16,22,26H,2-6,14H2,1H3,(H,27,29). The van der Waals surface area contributed by atoms with Gasteiger partial charge in [0.2, 0.25) is 5.91 Å². The largest absolute Gasteiger partial charge is 0.497 e. The first-order chi connectivity index (χ1) is 14.7. The van der Waals surface area contributed by atoms with Crippen LogP contribution in [0.3, 0.4) is 0 Å². The number of amides is 1. The fourth-order valence-electron chi connectivity index (χ4n) is 4.32. The highest BCUT2D eigenvalue weighted by Crippen LogP contribution is 2.31. The molecule has 2 heterocycles. The Kier molecular flexibility index (Phi) is 6.12. The lowest BCUT2D eigenvalue weighted by atomic mass is 9.87. The van der Waals surface area contributed by atoms with Crippen LogP contribution < -0.4 is 10.1 Å². The molecule has 2 N–H and O–H groups in total. The van der Waals surface area contributed by atoms with Crippen molar-refractivity contribution in [2.75, 3.05) is 13.7 Å². The van der Waals surface area contributed by atoms with E-state index < -0.39 is 5.92 Å². The van der Waals surface area contributed by atoms with Gasteiger partial charge in [-0.1, -0.05) is 19.3 Å². The number of H-pyrrole nitrogens is 1. The molecule has 6 heteroatoms. The zero-order valence-corrected chi connectivity index (χ0v) is 17.2. The Hall–Kier alpha value is -3.15. The SMILES string of the molecule is COc1ccc2c(C(C(=O)NCC3CCCCC3)C(=O)c3ccncc3)c[nH]c2c1. The fraction of sp³-hybridized carbons (Fsp3) is 0.375. The molecule has 1 amide bonds. The minimum Gasteiger partial charge on any atom is -0.497 e. The number of benzene rings is 1. The molecule has 0 bridgehead atoms. The molecule has 30 heavy (non-hydrogen) atoms. The van der Waals surface area contributed by atoms with E-state index in [4.69, 9.17) is 4.74 Å². The van der Waals surface area contributed by atoms with Gasteiger partial charge in [0, 0.05) is 47.7 Å². The monoisotopic (exact) mass is 405 g/mol. The average Bonchev–Trinajstić information content (AvgIpc) is 3.21. The highest BCUT2D eigenvalue weighted by atomic mass is 16.5. The van der Waals surface area contributed by atoms with Gasteiger partial charge in [0.25, 0.3) is 0 Å². The summed E-state index contributed by atoms with van der Waals surface area (Å²) in [5.74, 6) is -0.186. The van der Waals surface area contributed by atoms with E-state index >= 15 is 0 Å². The maximum atomic E-state index is 13.4. The topological polar surface area (TPSA) is 84.1 Å². The van der Waals surface area contributed by atoms with E-state index in [1.165, 1.54) is 19.3 Å². The number of aromatic nitrogens is 2. The Bertz CT molecular complexity index is 1020. The van der Waals surface area contributed by atoms with Crippen molar-refractivity contribution in [1.82, 2.24) is 15.3 Å².